The predicted molar refractivity (Wildman–Crippen MR) is 73.8 cm³/mol. The molecule has 20 heavy (non-hydrogen) atoms. The van der Waals surface area contributed by atoms with E-state index in [4.69, 9.17) is 27.9 Å². The molecule has 0 aromatic heterocycles. The molecule has 3 fully saturated rings. The highest BCUT2D eigenvalue weighted by molar-refractivity contribution is 6.35. The highest BCUT2D eigenvalue weighted by atomic mass is 35.5. The molecular weight excluding hydrogens is 301 g/mol. The maximum atomic E-state index is 12.5. The van der Waals surface area contributed by atoms with Crippen molar-refractivity contribution in [2.75, 3.05) is 4.90 Å². The molecule has 4 rings (SSSR count). The summed E-state index contributed by atoms with van der Waals surface area (Å²) in [5, 5.41) is 0.814. The molecule has 0 saturated carbocycles. The zero-order valence-electron chi connectivity index (χ0n) is 10.4. The van der Waals surface area contributed by atoms with Crippen molar-refractivity contribution in [1.29, 1.82) is 0 Å². The normalized spacial score (nSPS) is 35.0. The molecule has 2 amide bonds. The number of anilines is 1. The molecule has 1 aromatic rings. The molecule has 2 bridgehead atoms. The van der Waals surface area contributed by atoms with E-state index in [-0.39, 0.29) is 35.9 Å². The largest absolute Gasteiger partial charge is 0.373 e. The fourth-order valence-corrected chi connectivity index (χ4v) is 4.15. The third-order valence-corrected chi connectivity index (χ3v) is 4.83. The number of carbonyl (C=O) groups excluding carboxylic acids is 2. The SMILES string of the molecule is O=C1C2C3CCC(O3)C2C(=O)N1c1cc(Cl)cc(Cl)c1. The van der Waals surface area contributed by atoms with E-state index in [1.165, 1.54) is 4.90 Å². The Balaban J connectivity index is 1.76. The molecule has 4 atom stereocenters. The van der Waals surface area contributed by atoms with E-state index in [2.05, 4.69) is 0 Å². The van der Waals surface area contributed by atoms with E-state index < -0.39 is 0 Å². The zero-order valence-corrected chi connectivity index (χ0v) is 11.9. The van der Waals surface area contributed by atoms with Crippen LogP contribution in [0, 0.1) is 11.8 Å². The molecule has 0 aliphatic carbocycles. The van der Waals surface area contributed by atoms with Gasteiger partial charge in [0, 0.05) is 10.0 Å². The quantitative estimate of drug-likeness (QED) is 0.749. The number of hydrogen-bond donors (Lipinski definition) is 0. The van der Waals surface area contributed by atoms with Crippen LogP contribution in [0.5, 0.6) is 0 Å². The number of benzene rings is 1. The van der Waals surface area contributed by atoms with E-state index in [0.717, 1.165) is 12.8 Å². The Morgan fingerprint density at radius 3 is 1.95 bits per heavy atom. The summed E-state index contributed by atoms with van der Waals surface area (Å²) < 4.78 is 5.69. The first-order valence-electron chi connectivity index (χ1n) is 6.55. The molecule has 0 N–H and O–H groups in total. The summed E-state index contributed by atoms with van der Waals surface area (Å²) in [5.74, 6) is -1.05. The molecule has 3 saturated heterocycles. The van der Waals surface area contributed by atoms with Crippen molar-refractivity contribution >= 4 is 40.7 Å². The van der Waals surface area contributed by atoms with Gasteiger partial charge < -0.3 is 4.74 Å². The van der Waals surface area contributed by atoms with E-state index >= 15 is 0 Å². The number of amides is 2. The molecule has 4 nitrogen and oxygen atoms in total. The number of fused-ring (bicyclic) bond motifs is 5. The van der Waals surface area contributed by atoms with Crippen LogP contribution >= 0.6 is 23.2 Å². The van der Waals surface area contributed by atoms with Gasteiger partial charge in [0.1, 0.15) is 0 Å². The van der Waals surface area contributed by atoms with Crippen LogP contribution in [0.3, 0.4) is 0 Å². The Labute approximate surface area is 125 Å². The van der Waals surface area contributed by atoms with Crippen molar-refractivity contribution < 1.29 is 14.3 Å². The summed E-state index contributed by atoms with van der Waals surface area (Å²) in [6, 6.07) is 4.76. The van der Waals surface area contributed by atoms with Gasteiger partial charge in [0.05, 0.1) is 29.7 Å². The lowest BCUT2D eigenvalue weighted by Gasteiger charge is -2.18. The zero-order chi connectivity index (χ0) is 14.0. The van der Waals surface area contributed by atoms with Gasteiger partial charge >= 0.3 is 0 Å². The molecule has 3 aliphatic rings. The van der Waals surface area contributed by atoms with E-state index in [1.54, 1.807) is 18.2 Å². The smallest absolute Gasteiger partial charge is 0.240 e. The van der Waals surface area contributed by atoms with Crippen LogP contribution < -0.4 is 4.90 Å². The summed E-state index contributed by atoms with van der Waals surface area (Å²) in [6.07, 6.45) is 1.49. The minimum Gasteiger partial charge on any atom is -0.373 e. The molecular formula is C14H11Cl2NO3. The Morgan fingerprint density at radius 1 is 0.950 bits per heavy atom. The maximum Gasteiger partial charge on any atom is 0.240 e. The van der Waals surface area contributed by atoms with Crippen molar-refractivity contribution in [1.82, 2.24) is 0 Å². The highest BCUT2D eigenvalue weighted by Gasteiger charge is 2.62. The van der Waals surface area contributed by atoms with Gasteiger partial charge in [-0.2, -0.15) is 0 Å². The molecule has 104 valence electrons. The van der Waals surface area contributed by atoms with Crippen LogP contribution in [0.4, 0.5) is 5.69 Å². The van der Waals surface area contributed by atoms with E-state index in [0.29, 0.717) is 15.7 Å². The number of imide groups is 1. The van der Waals surface area contributed by atoms with Crippen LogP contribution in [0.15, 0.2) is 18.2 Å². The topological polar surface area (TPSA) is 46.6 Å². The number of rotatable bonds is 1. The second-order valence-electron chi connectivity index (χ2n) is 5.48. The molecule has 0 spiro atoms. The van der Waals surface area contributed by atoms with Gasteiger partial charge in [0.15, 0.2) is 0 Å². The third kappa shape index (κ3) is 1.59. The lowest BCUT2D eigenvalue weighted by molar-refractivity contribution is -0.124. The van der Waals surface area contributed by atoms with Crippen LogP contribution in [-0.4, -0.2) is 24.0 Å². The fraction of sp³-hybridized carbons (Fsp3) is 0.429. The van der Waals surface area contributed by atoms with Crippen molar-refractivity contribution in [3.8, 4) is 0 Å². The first kappa shape index (κ1) is 12.6. The molecule has 3 aliphatic heterocycles. The van der Waals surface area contributed by atoms with Crippen LogP contribution in [0.2, 0.25) is 10.0 Å². The summed E-state index contributed by atoms with van der Waals surface area (Å²) in [7, 11) is 0. The summed E-state index contributed by atoms with van der Waals surface area (Å²) in [5.41, 5.74) is 0.450. The number of halogens is 2. The van der Waals surface area contributed by atoms with Gasteiger partial charge in [-0.1, -0.05) is 23.2 Å². The Bertz CT molecular complexity index is 585. The van der Waals surface area contributed by atoms with Gasteiger partial charge in [-0.15, -0.1) is 0 Å². The minimum atomic E-state index is -0.334. The standard InChI is InChI=1S/C14H11Cl2NO3/c15-6-3-7(16)5-8(4-6)17-13(18)11-9-1-2-10(20-9)12(11)14(17)19/h3-5,9-12H,1-2H2. The number of carbonyl (C=O) groups is 2. The monoisotopic (exact) mass is 311 g/mol. The van der Waals surface area contributed by atoms with Gasteiger partial charge in [0.25, 0.3) is 0 Å². The molecule has 1 aromatic carbocycles. The molecule has 4 unspecified atom stereocenters. The van der Waals surface area contributed by atoms with Gasteiger partial charge in [-0.3, -0.25) is 9.59 Å². The molecule has 0 radical (unpaired) electrons. The van der Waals surface area contributed by atoms with Crippen molar-refractivity contribution in [2.45, 2.75) is 25.0 Å². The Morgan fingerprint density at radius 2 is 1.45 bits per heavy atom. The third-order valence-electron chi connectivity index (χ3n) is 4.39. The minimum absolute atomic E-state index is 0.110. The predicted octanol–water partition coefficient (Wildman–Crippen LogP) is 2.66. The average Bonchev–Trinajstić information content (AvgIpc) is 3.02. The summed E-state index contributed by atoms with van der Waals surface area (Å²) in [4.78, 5) is 26.3. The first-order chi connectivity index (χ1) is 9.56. The summed E-state index contributed by atoms with van der Waals surface area (Å²) >= 11 is 11.9. The van der Waals surface area contributed by atoms with Crippen molar-refractivity contribution in [3.05, 3.63) is 28.2 Å². The number of ether oxygens (including phenoxy) is 1. The maximum absolute atomic E-state index is 12.5. The Kier molecular flexibility index (Phi) is 2.65. The number of hydrogen-bond acceptors (Lipinski definition) is 3. The second-order valence-corrected chi connectivity index (χ2v) is 6.35. The molecule has 6 heteroatoms. The Hall–Kier alpha value is -1.10. The van der Waals surface area contributed by atoms with Crippen LogP contribution in [0.25, 0.3) is 0 Å². The number of nitrogens with zero attached hydrogens (tertiary/aromatic N) is 1. The second kappa shape index (κ2) is 4.20. The lowest BCUT2D eigenvalue weighted by atomic mass is 9.81. The van der Waals surface area contributed by atoms with E-state index in [9.17, 15) is 9.59 Å². The fourth-order valence-electron chi connectivity index (χ4n) is 3.63. The first-order valence-corrected chi connectivity index (χ1v) is 7.31. The molecule has 3 heterocycles. The van der Waals surface area contributed by atoms with E-state index in [1.807, 2.05) is 0 Å². The van der Waals surface area contributed by atoms with Crippen molar-refractivity contribution in [2.24, 2.45) is 11.8 Å². The highest BCUT2D eigenvalue weighted by Crippen LogP contribution is 2.49. The van der Waals surface area contributed by atoms with Crippen molar-refractivity contribution in [3.63, 3.8) is 0 Å². The summed E-state index contributed by atoms with van der Waals surface area (Å²) in [6.45, 7) is 0. The van der Waals surface area contributed by atoms with Gasteiger partial charge in [0.2, 0.25) is 11.8 Å². The van der Waals surface area contributed by atoms with Gasteiger partial charge in [-0.05, 0) is 31.0 Å². The average molecular weight is 312 g/mol. The van der Waals surface area contributed by atoms with Crippen LogP contribution in [-0.2, 0) is 14.3 Å². The van der Waals surface area contributed by atoms with Crippen LogP contribution in [0.1, 0.15) is 12.8 Å². The van der Waals surface area contributed by atoms with Gasteiger partial charge in [-0.25, -0.2) is 4.90 Å². The lowest BCUT2D eigenvalue weighted by Crippen LogP contribution is -2.34.